The smallest absolute Gasteiger partial charge is 0.191 e. The third-order valence-corrected chi connectivity index (χ3v) is 4.60. The molecule has 5 heteroatoms. The molecule has 1 aliphatic heterocycles. The summed E-state index contributed by atoms with van der Waals surface area (Å²) in [6, 6.07) is 4.92. The van der Waals surface area contributed by atoms with Crippen LogP contribution in [0.2, 0.25) is 0 Å². The Kier molecular flexibility index (Phi) is 5.36. The van der Waals surface area contributed by atoms with Gasteiger partial charge < -0.3 is 15.5 Å². The van der Waals surface area contributed by atoms with Crippen LogP contribution in [0.15, 0.2) is 23.3 Å². The van der Waals surface area contributed by atoms with E-state index in [9.17, 15) is 0 Å². The number of rotatable bonds is 5. The fraction of sp³-hybridized carbons (Fsp3) is 0.667. The molecule has 3 rings (SSSR count). The van der Waals surface area contributed by atoms with Crippen LogP contribution in [0.5, 0.6) is 0 Å². The van der Waals surface area contributed by atoms with Crippen molar-refractivity contribution in [3.05, 3.63) is 23.9 Å². The van der Waals surface area contributed by atoms with Crippen LogP contribution in [0.3, 0.4) is 0 Å². The minimum Gasteiger partial charge on any atom is -0.357 e. The van der Waals surface area contributed by atoms with Gasteiger partial charge in [0, 0.05) is 31.9 Å². The number of hydrogen-bond donors (Lipinski definition) is 2. The van der Waals surface area contributed by atoms with Gasteiger partial charge in [0.1, 0.15) is 5.82 Å². The van der Waals surface area contributed by atoms with E-state index in [1.54, 1.807) is 0 Å². The highest BCUT2D eigenvalue weighted by Gasteiger charge is 2.22. The molecule has 0 amide bonds. The van der Waals surface area contributed by atoms with E-state index in [0.29, 0.717) is 12.6 Å². The molecule has 0 bridgehead atoms. The van der Waals surface area contributed by atoms with Crippen LogP contribution in [0, 0.1) is 5.92 Å². The first-order valence-electron chi connectivity index (χ1n) is 8.99. The van der Waals surface area contributed by atoms with Gasteiger partial charge in [-0.25, -0.2) is 9.98 Å². The van der Waals surface area contributed by atoms with E-state index in [4.69, 9.17) is 0 Å². The maximum atomic E-state index is 4.66. The molecule has 2 fully saturated rings. The highest BCUT2D eigenvalue weighted by molar-refractivity contribution is 5.80. The van der Waals surface area contributed by atoms with Crippen LogP contribution in [-0.2, 0) is 6.54 Å². The van der Waals surface area contributed by atoms with E-state index in [1.807, 2.05) is 6.20 Å². The lowest BCUT2D eigenvalue weighted by atomic mass is 9.99. The molecule has 126 valence electrons. The van der Waals surface area contributed by atoms with Gasteiger partial charge in [-0.15, -0.1) is 0 Å². The number of guanidine groups is 1. The Morgan fingerprint density at radius 1 is 1.26 bits per heavy atom. The first-order chi connectivity index (χ1) is 11.2. The molecule has 5 nitrogen and oxygen atoms in total. The Bertz CT molecular complexity index is 513. The van der Waals surface area contributed by atoms with Gasteiger partial charge in [-0.05, 0) is 50.2 Å². The summed E-state index contributed by atoms with van der Waals surface area (Å²) >= 11 is 0. The van der Waals surface area contributed by atoms with Gasteiger partial charge in [0.2, 0.25) is 0 Å². The van der Waals surface area contributed by atoms with Crippen molar-refractivity contribution in [2.75, 3.05) is 24.5 Å². The molecular formula is C18H29N5. The monoisotopic (exact) mass is 315 g/mol. The number of anilines is 1. The summed E-state index contributed by atoms with van der Waals surface area (Å²) < 4.78 is 0. The second-order valence-corrected chi connectivity index (χ2v) is 6.81. The molecule has 1 aliphatic carbocycles. The van der Waals surface area contributed by atoms with E-state index in [0.717, 1.165) is 42.9 Å². The van der Waals surface area contributed by atoms with Crippen molar-refractivity contribution in [2.45, 2.75) is 52.1 Å². The summed E-state index contributed by atoms with van der Waals surface area (Å²) in [6.45, 7) is 8.25. The van der Waals surface area contributed by atoms with Crippen LogP contribution in [0.25, 0.3) is 0 Å². The zero-order valence-electron chi connectivity index (χ0n) is 14.4. The second-order valence-electron chi connectivity index (χ2n) is 6.81. The molecule has 2 heterocycles. The Labute approximate surface area is 139 Å². The first-order valence-corrected chi connectivity index (χ1v) is 8.99. The molecular weight excluding hydrogens is 286 g/mol. The number of nitrogens with one attached hydrogen (secondary N) is 2. The van der Waals surface area contributed by atoms with Crippen LogP contribution in [0.1, 0.15) is 45.1 Å². The number of pyridine rings is 1. The van der Waals surface area contributed by atoms with Gasteiger partial charge in [0.25, 0.3) is 0 Å². The molecule has 2 aliphatic rings. The van der Waals surface area contributed by atoms with Crippen LogP contribution in [0.4, 0.5) is 5.82 Å². The summed E-state index contributed by atoms with van der Waals surface area (Å²) in [6.07, 6.45) is 7.03. The lowest BCUT2D eigenvalue weighted by Gasteiger charge is -2.31. The quantitative estimate of drug-likeness (QED) is 0.648. The minimum atomic E-state index is 0.620. The second kappa shape index (κ2) is 7.66. The average molecular weight is 315 g/mol. The Morgan fingerprint density at radius 2 is 2.04 bits per heavy atom. The zero-order chi connectivity index (χ0) is 16.1. The Morgan fingerprint density at radius 3 is 2.65 bits per heavy atom. The fourth-order valence-corrected chi connectivity index (χ4v) is 2.85. The first kappa shape index (κ1) is 16.1. The maximum Gasteiger partial charge on any atom is 0.191 e. The van der Waals surface area contributed by atoms with Crippen molar-refractivity contribution in [1.82, 2.24) is 15.6 Å². The number of piperidine rings is 1. The third kappa shape index (κ3) is 4.85. The van der Waals surface area contributed by atoms with Crippen molar-refractivity contribution < 1.29 is 0 Å². The number of nitrogens with zero attached hydrogens (tertiary/aromatic N) is 3. The summed E-state index contributed by atoms with van der Waals surface area (Å²) in [5.74, 6) is 2.88. The van der Waals surface area contributed by atoms with Crippen molar-refractivity contribution in [3.63, 3.8) is 0 Å². The molecule has 2 N–H and O–H groups in total. The molecule has 0 atom stereocenters. The van der Waals surface area contributed by atoms with Gasteiger partial charge in [0.05, 0.1) is 6.54 Å². The molecule has 1 aromatic heterocycles. The van der Waals surface area contributed by atoms with Gasteiger partial charge in [-0.2, -0.15) is 0 Å². The molecule has 1 saturated heterocycles. The topological polar surface area (TPSA) is 52.6 Å². The summed E-state index contributed by atoms with van der Waals surface area (Å²) in [5, 5.41) is 6.74. The molecule has 0 aromatic carbocycles. The Balaban J connectivity index is 1.55. The largest absolute Gasteiger partial charge is 0.357 e. The van der Waals surface area contributed by atoms with Crippen LogP contribution >= 0.6 is 0 Å². The maximum absolute atomic E-state index is 4.66. The Hall–Kier alpha value is -1.78. The van der Waals surface area contributed by atoms with Gasteiger partial charge >= 0.3 is 0 Å². The molecule has 1 saturated carbocycles. The normalized spacial score (nSPS) is 19.7. The summed E-state index contributed by atoms with van der Waals surface area (Å²) in [7, 11) is 0. The summed E-state index contributed by atoms with van der Waals surface area (Å²) in [5.41, 5.74) is 1.16. The van der Waals surface area contributed by atoms with Crippen molar-refractivity contribution in [1.29, 1.82) is 0 Å². The lowest BCUT2D eigenvalue weighted by molar-refractivity contribution is 0.436. The minimum absolute atomic E-state index is 0.620. The molecule has 23 heavy (non-hydrogen) atoms. The number of aromatic nitrogens is 1. The van der Waals surface area contributed by atoms with Gasteiger partial charge in [0.15, 0.2) is 5.96 Å². The van der Waals surface area contributed by atoms with Crippen molar-refractivity contribution in [3.8, 4) is 0 Å². The molecule has 0 unspecified atom stereocenters. The van der Waals surface area contributed by atoms with Gasteiger partial charge in [-0.3, -0.25) is 0 Å². The average Bonchev–Trinajstić information content (AvgIpc) is 3.38. The molecule has 1 aromatic rings. The van der Waals surface area contributed by atoms with Gasteiger partial charge in [-0.1, -0.05) is 13.0 Å². The highest BCUT2D eigenvalue weighted by atomic mass is 15.2. The van der Waals surface area contributed by atoms with E-state index in [2.05, 4.69) is 51.5 Å². The lowest BCUT2D eigenvalue weighted by Crippen LogP contribution is -2.38. The SMILES string of the molecule is CCNC(=NCc1ccc(N2CCC(C)CC2)nc1)NC1CC1. The van der Waals surface area contributed by atoms with Crippen LogP contribution < -0.4 is 15.5 Å². The van der Waals surface area contributed by atoms with E-state index in [1.165, 1.54) is 25.7 Å². The highest BCUT2D eigenvalue weighted by Crippen LogP contribution is 2.21. The predicted molar refractivity (Wildman–Crippen MR) is 95.8 cm³/mol. The number of hydrogen-bond acceptors (Lipinski definition) is 3. The molecule has 0 radical (unpaired) electrons. The number of aliphatic imine (C=N–C) groups is 1. The van der Waals surface area contributed by atoms with Crippen molar-refractivity contribution >= 4 is 11.8 Å². The van der Waals surface area contributed by atoms with E-state index >= 15 is 0 Å². The predicted octanol–water partition coefficient (Wildman–Crippen LogP) is 2.54. The standard InChI is InChI=1S/C18H29N5/c1-3-19-18(22-16-5-6-16)21-13-15-4-7-17(20-12-15)23-10-8-14(2)9-11-23/h4,7,12,14,16H,3,5-6,8-11,13H2,1-2H3,(H2,19,21,22). The third-order valence-electron chi connectivity index (χ3n) is 4.60. The molecule has 0 spiro atoms. The fourth-order valence-electron chi connectivity index (χ4n) is 2.85. The van der Waals surface area contributed by atoms with E-state index in [-0.39, 0.29) is 0 Å². The van der Waals surface area contributed by atoms with Crippen molar-refractivity contribution in [2.24, 2.45) is 10.9 Å². The van der Waals surface area contributed by atoms with E-state index < -0.39 is 0 Å². The van der Waals surface area contributed by atoms with Crippen LogP contribution in [-0.4, -0.2) is 36.6 Å². The summed E-state index contributed by atoms with van der Waals surface area (Å²) in [4.78, 5) is 11.7. The zero-order valence-corrected chi connectivity index (χ0v) is 14.4.